The third-order valence-electron chi connectivity index (χ3n) is 9.81. The fourth-order valence-electron chi connectivity index (χ4n) is 7.51. The number of piperazine rings is 1. The maximum absolute atomic E-state index is 14.2. The van der Waals surface area contributed by atoms with Crippen LogP contribution in [0.3, 0.4) is 0 Å². The van der Waals surface area contributed by atoms with Gasteiger partial charge < -0.3 is 28.7 Å². The molecule has 230 valence electrons. The van der Waals surface area contributed by atoms with Gasteiger partial charge in [0, 0.05) is 61.3 Å². The summed E-state index contributed by atoms with van der Waals surface area (Å²) in [4.78, 5) is 45.5. The van der Waals surface area contributed by atoms with Crippen molar-refractivity contribution >= 4 is 34.9 Å². The Morgan fingerprint density at radius 2 is 1.55 bits per heavy atom. The van der Waals surface area contributed by atoms with Crippen molar-refractivity contribution in [2.24, 2.45) is 0 Å². The molecule has 2 aromatic carbocycles. The number of esters is 1. The van der Waals surface area contributed by atoms with Crippen molar-refractivity contribution in [2.75, 3.05) is 59.6 Å². The van der Waals surface area contributed by atoms with E-state index in [0.717, 1.165) is 40.6 Å². The van der Waals surface area contributed by atoms with Gasteiger partial charge in [-0.05, 0) is 48.1 Å². The lowest BCUT2D eigenvalue weighted by molar-refractivity contribution is -0.128. The second-order valence-electron chi connectivity index (χ2n) is 12.3. The van der Waals surface area contributed by atoms with Gasteiger partial charge >= 0.3 is 12.0 Å². The monoisotopic (exact) mass is 596 g/mol. The van der Waals surface area contributed by atoms with Crippen molar-refractivity contribution in [3.05, 3.63) is 64.7 Å². The number of aromatic nitrogens is 1. The number of hydrogen-bond acceptors (Lipinski definition) is 5. The Labute approximate surface area is 258 Å². The van der Waals surface area contributed by atoms with Gasteiger partial charge in [-0.2, -0.15) is 0 Å². The summed E-state index contributed by atoms with van der Waals surface area (Å²) in [5.74, 6) is 0.0530. The largest absolute Gasteiger partial charge is 0.465 e. The van der Waals surface area contributed by atoms with Gasteiger partial charge in [0.15, 0.2) is 0 Å². The predicted octanol–water partition coefficient (Wildman–Crippen LogP) is 5.14. The molecule has 0 radical (unpaired) electrons. The van der Waals surface area contributed by atoms with Crippen molar-refractivity contribution in [1.82, 2.24) is 19.3 Å². The average molecular weight is 597 g/mol. The van der Waals surface area contributed by atoms with Crippen LogP contribution in [0.1, 0.15) is 59.5 Å². The fourth-order valence-corrected chi connectivity index (χ4v) is 7.51. The normalized spacial score (nSPS) is 19.2. The van der Waals surface area contributed by atoms with Gasteiger partial charge in [-0.3, -0.25) is 4.79 Å². The van der Waals surface area contributed by atoms with E-state index in [4.69, 9.17) is 9.47 Å². The Bertz CT molecular complexity index is 1620. The number of morpholine rings is 1. The molecule has 3 fully saturated rings. The zero-order valence-corrected chi connectivity index (χ0v) is 25.4. The topological polar surface area (TPSA) is 84.3 Å². The first-order chi connectivity index (χ1) is 21.5. The molecule has 0 atom stereocenters. The van der Waals surface area contributed by atoms with Crippen LogP contribution in [0.15, 0.2) is 48.0 Å². The number of carbonyl (C=O) groups is 3. The highest BCUT2D eigenvalue weighted by Gasteiger charge is 2.33. The molecule has 4 heterocycles. The van der Waals surface area contributed by atoms with Crippen LogP contribution in [0.5, 0.6) is 0 Å². The van der Waals surface area contributed by atoms with Crippen molar-refractivity contribution in [3.63, 3.8) is 0 Å². The molecule has 1 aliphatic carbocycles. The zero-order valence-electron chi connectivity index (χ0n) is 25.4. The van der Waals surface area contributed by atoms with Gasteiger partial charge in [0.1, 0.15) is 0 Å². The molecule has 7 rings (SSSR count). The van der Waals surface area contributed by atoms with Crippen LogP contribution in [-0.4, -0.2) is 96.8 Å². The molecule has 9 nitrogen and oxygen atoms in total. The number of methoxy groups -OCH3 is 1. The molecule has 2 saturated heterocycles. The van der Waals surface area contributed by atoms with Crippen LogP contribution >= 0.6 is 0 Å². The Morgan fingerprint density at radius 3 is 2.30 bits per heavy atom. The quantitative estimate of drug-likeness (QED) is 0.391. The number of carbonyl (C=O) groups excluding carboxylic acids is 3. The maximum atomic E-state index is 14.2. The molecule has 9 heteroatoms. The van der Waals surface area contributed by atoms with Gasteiger partial charge in [0.2, 0.25) is 0 Å². The van der Waals surface area contributed by atoms with E-state index in [1.807, 2.05) is 32.9 Å². The lowest BCUT2D eigenvalue weighted by atomic mass is 9.81. The van der Waals surface area contributed by atoms with Gasteiger partial charge in [-0.1, -0.05) is 49.6 Å². The minimum atomic E-state index is -0.368. The van der Waals surface area contributed by atoms with E-state index in [2.05, 4.69) is 34.9 Å². The van der Waals surface area contributed by atoms with Crippen molar-refractivity contribution in [2.45, 2.75) is 44.6 Å². The summed E-state index contributed by atoms with van der Waals surface area (Å²) in [6.45, 7) is 4.77. The number of rotatable bonds is 3. The number of nitrogens with zero attached hydrogens (tertiary/aromatic N) is 4. The van der Waals surface area contributed by atoms with E-state index in [-0.39, 0.29) is 17.9 Å². The Balaban J connectivity index is 1.24. The van der Waals surface area contributed by atoms with E-state index in [1.165, 1.54) is 31.9 Å². The number of hydrogen-bond donors (Lipinski definition) is 0. The van der Waals surface area contributed by atoms with Crippen LogP contribution < -0.4 is 0 Å². The first-order valence-corrected chi connectivity index (χ1v) is 16.0. The summed E-state index contributed by atoms with van der Waals surface area (Å²) >= 11 is 0. The average Bonchev–Trinajstić information content (AvgIpc) is 3.30. The van der Waals surface area contributed by atoms with E-state index >= 15 is 0 Å². The Morgan fingerprint density at radius 1 is 0.841 bits per heavy atom. The molecule has 3 amide bonds. The molecule has 0 N–H and O–H groups in total. The van der Waals surface area contributed by atoms with E-state index < -0.39 is 0 Å². The first-order valence-electron chi connectivity index (χ1n) is 16.0. The van der Waals surface area contributed by atoms with Gasteiger partial charge in [-0.15, -0.1) is 0 Å². The molecule has 0 unspecified atom stereocenters. The number of amides is 3. The highest BCUT2D eigenvalue weighted by Crippen LogP contribution is 2.46. The lowest BCUT2D eigenvalue weighted by Gasteiger charge is -2.38. The molecule has 1 aromatic heterocycles. The Kier molecular flexibility index (Phi) is 7.89. The fraction of sp³-hybridized carbons (Fsp3) is 0.457. The van der Waals surface area contributed by atoms with Gasteiger partial charge in [-0.25, -0.2) is 9.59 Å². The summed E-state index contributed by atoms with van der Waals surface area (Å²) in [6, 6.07) is 14.3. The zero-order chi connectivity index (χ0) is 30.2. The second-order valence-corrected chi connectivity index (χ2v) is 12.3. The van der Waals surface area contributed by atoms with Crippen LogP contribution in [-0.2, 0) is 20.8 Å². The van der Waals surface area contributed by atoms with Gasteiger partial charge in [0.25, 0.3) is 5.91 Å². The molecule has 0 bridgehead atoms. The first kappa shape index (κ1) is 28.6. The van der Waals surface area contributed by atoms with E-state index in [9.17, 15) is 14.4 Å². The maximum Gasteiger partial charge on any atom is 0.337 e. The third kappa shape index (κ3) is 5.17. The highest BCUT2D eigenvalue weighted by molar-refractivity contribution is 6.03. The molecule has 1 saturated carbocycles. The standard InChI is InChI=1S/C35H40N4O5/c1-43-34(41)26-11-12-29-30(22-26)39-23-27(33(40)36-13-15-37(16-14-36)35(42)38-17-19-44-20-18-38)21-25-9-5-6-10-28(25)32(39)31(29)24-7-3-2-4-8-24/h5-6,9-12,21-22,24H,2-4,7-8,13-20,23H2,1H3. The molecule has 44 heavy (non-hydrogen) atoms. The molecule has 0 spiro atoms. The van der Waals surface area contributed by atoms with Crippen LogP contribution in [0.2, 0.25) is 0 Å². The minimum absolute atomic E-state index is 0.00341. The smallest absolute Gasteiger partial charge is 0.337 e. The minimum Gasteiger partial charge on any atom is -0.465 e. The van der Waals surface area contributed by atoms with Crippen LogP contribution in [0, 0.1) is 0 Å². The summed E-state index contributed by atoms with van der Waals surface area (Å²) in [5.41, 5.74) is 6.81. The SMILES string of the molecule is COC(=O)c1ccc2c(C3CCCCC3)c3n(c2c1)CC(C(=O)N1CCN(C(=O)N2CCOCC2)CC1)=Cc1ccccc1-3. The summed E-state index contributed by atoms with van der Waals surface area (Å²) in [7, 11) is 1.41. The molecule has 3 aliphatic heterocycles. The van der Waals surface area contributed by atoms with Crippen molar-refractivity contribution in [1.29, 1.82) is 0 Å². The second kappa shape index (κ2) is 12.1. The molecular formula is C35H40N4O5. The number of fused-ring (bicyclic) bond motifs is 5. The third-order valence-corrected chi connectivity index (χ3v) is 9.81. The van der Waals surface area contributed by atoms with Crippen LogP contribution in [0.25, 0.3) is 28.2 Å². The number of benzene rings is 2. The van der Waals surface area contributed by atoms with Crippen LogP contribution in [0.4, 0.5) is 4.79 Å². The predicted molar refractivity (Wildman–Crippen MR) is 168 cm³/mol. The summed E-state index contributed by atoms with van der Waals surface area (Å²) in [6.07, 6.45) is 8.01. The molecule has 3 aromatic rings. The van der Waals surface area contributed by atoms with Crippen molar-refractivity contribution in [3.8, 4) is 11.3 Å². The van der Waals surface area contributed by atoms with Crippen molar-refractivity contribution < 1.29 is 23.9 Å². The molecular weight excluding hydrogens is 556 g/mol. The number of urea groups is 1. The van der Waals surface area contributed by atoms with E-state index in [0.29, 0.717) is 76.1 Å². The Hall–Kier alpha value is -4.11. The molecule has 4 aliphatic rings. The lowest BCUT2D eigenvalue weighted by Crippen LogP contribution is -2.55. The highest BCUT2D eigenvalue weighted by atomic mass is 16.5. The number of ether oxygens (including phenoxy) is 2. The summed E-state index contributed by atoms with van der Waals surface area (Å²) in [5, 5.41) is 1.15. The van der Waals surface area contributed by atoms with E-state index in [1.54, 1.807) is 0 Å². The van der Waals surface area contributed by atoms with Gasteiger partial charge in [0.05, 0.1) is 38.1 Å². The summed E-state index contributed by atoms with van der Waals surface area (Å²) < 4.78 is 12.7.